The van der Waals surface area contributed by atoms with E-state index in [0.29, 0.717) is 0 Å². The number of unbranched alkanes of at least 4 members (excludes halogenated alkanes) is 1. The van der Waals surface area contributed by atoms with Crippen LogP contribution >= 0.6 is 0 Å². The molecule has 0 amide bonds. The third kappa shape index (κ3) is 5.39. The van der Waals surface area contributed by atoms with Gasteiger partial charge in [0.1, 0.15) is 0 Å². The van der Waals surface area contributed by atoms with Crippen molar-refractivity contribution in [3.8, 4) is 0 Å². The van der Waals surface area contributed by atoms with Gasteiger partial charge in [0.25, 0.3) is 0 Å². The average molecular weight is 208 g/mol. The van der Waals surface area contributed by atoms with Crippen molar-refractivity contribution in [3.05, 3.63) is 12.2 Å². The molecule has 0 bridgehead atoms. The van der Waals surface area contributed by atoms with E-state index in [-0.39, 0.29) is 0 Å². The Labute approximate surface area is 96.2 Å². The molecule has 0 aromatic rings. The lowest BCUT2D eigenvalue weighted by Crippen LogP contribution is -2.09. The van der Waals surface area contributed by atoms with E-state index in [1.165, 1.54) is 57.8 Å². The second-order valence-corrected chi connectivity index (χ2v) is 5.20. The van der Waals surface area contributed by atoms with Gasteiger partial charge >= 0.3 is 0 Å². The molecule has 2 unspecified atom stereocenters. The van der Waals surface area contributed by atoms with Crippen LogP contribution in [-0.4, -0.2) is 0 Å². The van der Waals surface area contributed by atoms with Crippen LogP contribution in [0.1, 0.15) is 71.6 Å². The summed E-state index contributed by atoms with van der Waals surface area (Å²) in [6.45, 7) is 4.74. The van der Waals surface area contributed by atoms with Gasteiger partial charge in [0.2, 0.25) is 0 Å². The predicted octanol–water partition coefficient (Wildman–Crippen LogP) is 5.34. The van der Waals surface area contributed by atoms with Crippen molar-refractivity contribution in [1.82, 2.24) is 0 Å². The van der Waals surface area contributed by atoms with Crippen LogP contribution in [0.15, 0.2) is 12.2 Å². The fourth-order valence-corrected chi connectivity index (χ4v) is 2.58. The molecule has 0 nitrogen and oxygen atoms in total. The Kier molecular flexibility index (Phi) is 6.80. The fraction of sp³-hybridized carbons (Fsp3) is 0.867. The summed E-state index contributed by atoms with van der Waals surface area (Å²) >= 11 is 0. The largest absolute Gasteiger partial charge is 0.0882 e. The quantitative estimate of drug-likeness (QED) is 0.547. The van der Waals surface area contributed by atoms with Gasteiger partial charge in [-0.1, -0.05) is 64.5 Å². The maximum Gasteiger partial charge on any atom is -0.0208 e. The zero-order valence-corrected chi connectivity index (χ0v) is 10.7. The van der Waals surface area contributed by atoms with Crippen molar-refractivity contribution in [2.75, 3.05) is 0 Å². The zero-order valence-electron chi connectivity index (χ0n) is 10.7. The molecule has 0 saturated carbocycles. The van der Waals surface area contributed by atoms with Gasteiger partial charge < -0.3 is 0 Å². The van der Waals surface area contributed by atoms with E-state index in [1.807, 2.05) is 0 Å². The first-order chi connectivity index (χ1) is 7.34. The first-order valence-electron chi connectivity index (χ1n) is 7.01. The summed E-state index contributed by atoms with van der Waals surface area (Å²) in [7, 11) is 0. The third-order valence-electron chi connectivity index (χ3n) is 3.79. The summed E-state index contributed by atoms with van der Waals surface area (Å²) in [6, 6.07) is 0. The Morgan fingerprint density at radius 1 is 1.20 bits per heavy atom. The normalized spacial score (nSPS) is 25.3. The molecule has 88 valence electrons. The van der Waals surface area contributed by atoms with Crippen LogP contribution < -0.4 is 0 Å². The molecular formula is C15H28. The first-order valence-corrected chi connectivity index (χ1v) is 7.01. The Morgan fingerprint density at radius 2 is 2.00 bits per heavy atom. The molecule has 0 aromatic heterocycles. The lowest BCUT2D eigenvalue weighted by Gasteiger charge is -2.20. The predicted molar refractivity (Wildman–Crippen MR) is 69.0 cm³/mol. The molecule has 0 fully saturated rings. The Balaban J connectivity index is 2.37. The topological polar surface area (TPSA) is 0 Å². The second-order valence-electron chi connectivity index (χ2n) is 5.20. The van der Waals surface area contributed by atoms with Crippen molar-refractivity contribution >= 4 is 0 Å². The Hall–Kier alpha value is -0.260. The van der Waals surface area contributed by atoms with Crippen molar-refractivity contribution in [3.63, 3.8) is 0 Å². The summed E-state index contributed by atoms with van der Waals surface area (Å²) < 4.78 is 0. The molecule has 0 heterocycles. The van der Waals surface area contributed by atoms with Crippen LogP contribution in [0.4, 0.5) is 0 Å². The van der Waals surface area contributed by atoms with Crippen LogP contribution in [0.3, 0.4) is 0 Å². The van der Waals surface area contributed by atoms with Crippen molar-refractivity contribution in [2.24, 2.45) is 11.8 Å². The molecule has 1 aliphatic rings. The van der Waals surface area contributed by atoms with Crippen LogP contribution in [0.25, 0.3) is 0 Å². The molecule has 0 aromatic carbocycles. The van der Waals surface area contributed by atoms with Gasteiger partial charge in [-0.25, -0.2) is 0 Å². The molecular weight excluding hydrogens is 180 g/mol. The van der Waals surface area contributed by atoms with Crippen molar-refractivity contribution < 1.29 is 0 Å². The summed E-state index contributed by atoms with van der Waals surface area (Å²) in [4.78, 5) is 0. The van der Waals surface area contributed by atoms with E-state index >= 15 is 0 Å². The number of rotatable bonds is 4. The molecule has 1 rings (SSSR count). The highest BCUT2D eigenvalue weighted by Gasteiger charge is 2.14. The number of hydrogen-bond acceptors (Lipinski definition) is 0. The maximum absolute atomic E-state index is 2.52. The number of hydrogen-bond donors (Lipinski definition) is 0. The summed E-state index contributed by atoms with van der Waals surface area (Å²) in [6.07, 6.45) is 17.7. The van der Waals surface area contributed by atoms with Gasteiger partial charge in [-0.15, -0.1) is 0 Å². The Bertz CT molecular complexity index is 169. The van der Waals surface area contributed by atoms with E-state index in [1.54, 1.807) is 0 Å². The maximum atomic E-state index is 2.52. The second kappa shape index (κ2) is 7.96. The van der Waals surface area contributed by atoms with Crippen LogP contribution in [0, 0.1) is 11.8 Å². The molecule has 2 atom stereocenters. The van der Waals surface area contributed by atoms with E-state index in [4.69, 9.17) is 0 Å². The highest BCUT2D eigenvalue weighted by Crippen LogP contribution is 2.26. The van der Waals surface area contributed by atoms with E-state index in [0.717, 1.165) is 11.8 Å². The van der Waals surface area contributed by atoms with Crippen LogP contribution in [0.2, 0.25) is 0 Å². The standard InChI is InChI=1S/C15H28/c1-3-4-11-14(2)15-12-9-7-5-6-8-10-13-15/h9,12,14-15H,3-8,10-11,13H2,1-2H3. The van der Waals surface area contributed by atoms with Crippen LogP contribution in [0.5, 0.6) is 0 Å². The fourth-order valence-electron chi connectivity index (χ4n) is 2.58. The lowest BCUT2D eigenvalue weighted by atomic mass is 9.85. The average Bonchev–Trinajstić information content (AvgIpc) is 2.38. The summed E-state index contributed by atoms with van der Waals surface area (Å²) in [5.74, 6) is 1.77. The van der Waals surface area contributed by atoms with Gasteiger partial charge in [-0.2, -0.15) is 0 Å². The minimum atomic E-state index is 0.870. The molecule has 0 N–H and O–H groups in total. The summed E-state index contributed by atoms with van der Waals surface area (Å²) in [5.41, 5.74) is 0. The monoisotopic (exact) mass is 208 g/mol. The zero-order chi connectivity index (χ0) is 10.9. The Morgan fingerprint density at radius 3 is 2.80 bits per heavy atom. The summed E-state index contributed by atoms with van der Waals surface area (Å²) in [5, 5.41) is 0. The van der Waals surface area contributed by atoms with Gasteiger partial charge in [0.05, 0.1) is 0 Å². The van der Waals surface area contributed by atoms with Gasteiger partial charge in [-0.05, 0) is 31.1 Å². The number of allylic oxidation sites excluding steroid dienone is 2. The van der Waals surface area contributed by atoms with Gasteiger partial charge in [0, 0.05) is 0 Å². The van der Waals surface area contributed by atoms with E-state index < -0.39 is 0 Å². The molecule has 0 spiro atoms. The highest BCUT2D eigenvalue weighted by atomic mass is 14.2. The molecule has 0 aliphatic heterocycles. The third-order valence-corrected chi connectivity index (χ3v) is 3.79. The van der Waals surface area contributed by atoms with E-state index in [2.05, 4.69) is 26.0 Å². The van der Waals surface area contributed by atoms with Crippen molar-refractivity contribution in [2.45, 2.75) is 71.6 Å². The highest BCUT2D eigenvalue weighted by molar-refractivity contribution is 4.91. The van der Waals surface area contributed by atoms with Crippen molar-refractivity contribution in [1.29, 1.82) is 0 Å². The molecule has 1 aliphatic carbocycles. The molecule has 0 saturated heterocycles. The van der Waals surface area contributed by atoms with Crippen LogP contribution in [-0.2, 0) is 0 Å². The van der Waals surface area contributed by atoms with Gasteiger partial charge in [0.15, 0.2) is 0 Å². The van der Waals surface area contributed by atoms with Gasteiger partial charge in [-0.3, -0.25) is 0 Å². The first kappa shape index (κ1) is 12.8. The molecule has 15 heavy (non-hydrogen) atoms. The smallest absolute Gasteiger partial charge is 0.0208 e. The lowest BCUT2D eigenvalue weighted by molar-refractivity contribution is 0.360. The SMILES string of the molecule is CCCCC(C)C1C=CCCCCCC1. The minimum absolute atomic E-state index is 0.870. The minimum Gasteiger partial charge on any atom is -0.0882 e. The molecule has 0 radical (unpaired) electrons. The molecule has 0 heteroatoms. The van der Waals surface area contributed by atoms with E-state index in [9.17, 15) is 0 Å².